The lowest BCUT2D eigenvalue weighted by molar-refractivity contribution is -0.130. The standard InChI is InChI=1S/C9H13ClN4O3/c1-9(2,7(16)13-11)4-14-3-5(10)6(15)12-8(14)17/h3H,4,11H2,1-2H3,(H,13,16)(H,12,15,17). The summed E-state index contributed by atoms with van der Waals surface area (Å²) in [6, 6.07) is 0. The first kappa shape index (κ1) is 13.5. The molecule has 1 heterocycles. The second kappa shape index (κ2) is 4.72. The highest BCUT2D eigenvalue weighted by molar-refractivity contribution is 6.30. The van der Waals surface area contributed by atoms with Crippen LogP contribution >= 0.6 is 11.6 Å². The summed E-state index contributed by atoms with van der Waals surface area (Å²) >= 11 is 5.60. The van der Waals surface area contributed by atoms with Gasteiger partial charge < -0.3 is 0 Å². The van der Waals surface area contributed by atoms with E-state index in [4.69, 9.17) is 17.4 Å². The molecular weight excluding hydrogens is 248 g/mol. The third-order valence-corrected chi connectivity index (χ3v) is 2.55. The third-order valence-electron chi connectivity index (χ3n) is 2.28. The number of rotatable bonds is 3. The molecule has 0 aliphatic rings. The van der Waals surface area contributed by atoms with E-state index < -0.39 is 22.6 Å². The maximum atomic E-state index is 11.5. The van der Waals surface area contributed by atoms with Gasteiger partial charge in [-0.15, -0.1) is 0 Å². The van der Waals surface area contributed by atoms with E-state index in [0.29, 0.717) is 0 Å². The minimum Gasteiger partial charge on any atom is -0.298 e. The Morgan fingerprint density at radius 1 is 1.59 bits per heavy atom. The molecule has 8 heteroatoms. The van der Waals surface area contributed by atoms with Crippen molar-refractivity contribution < 1.29 is 4.79 Å². The smallest absolute Gasteiger partial charge is 0.298 e. The Labute approximate surface area is 102 Å². The Balaban J connectivity index is 3.12. The van der Waals surface area contributed by atoms with Crippen LogP contribution in [0.1, 0.15) is 13.8 Å². The molecule has 1 amide bonds. The lowest BCUT2D eigenvalue weighted by atomic mass is 9.92. The van der Waals surface area contributed by atoms with Crippen molar-refractivity contribution in [1.82, 2.24) is 15.0 Å². The summed E-state index contributed by atoms with van der Waals surface area (Å²) in [5.41, 5.74) is -0.177. The Hall–Kier alpha value is -1.60. The van der Waals surface area contributed by atoms with Gasteiger partial charge in [0.15, 0.2) is 0 Å². The van der Waals surface area contributed by atoms with Gasteiger partial charge >= 0.3 is 5.69 Å². The number of aromatic amines is 1. The van der Waals surface area contributed by atoms with Crippen molar-refractivity contribution in [3.05, 3.63) is 32.1 Å². The molecule has 7 nitrogen and oxygen atoms in total. The number of nitrogens with one attached hydrogen (secondary N) is 2. The van der Waals surface area contributed by atoms with Crippen molar-refractivity contribution in [2.75, 3.05) is 0 Å². The molecule has 0 radical (unpaired) electrons. The summed E-state index contributed by atoms with van der Waals surface area (Å²) in [6.45, 7) is 3.27. The number of nitrogens with zero attached hydrogens (tertiary/aromatic N) is 1. The van der Waals surface area contributed by atoms with Crippen LogP contribution in [0.15, 0.2) is 15.8 Å². The average Bonchev–Trinajstić information content (AvgIpc) is 2.24. The maximum absolute atomic E-state index is 11.5. The maximum Gasteiger partial charge on any atom is 0.328 e. The van der Waals surface area contributed by atoms with Crippen LogP contribution in [-0.2, 0) is 11.3 Å². The van der Waals surface area contributed by atoms with Crippen molar-refractivity contribution in [3.63, 3.8) is 0 Å². The zero-order valence-corrected chi connectivity index (χ0v) is 10.2. The Kier molecular flexibility index (Phi) is 3.74. The van der Waals surface area contributed by atoms with E-state index in [2.05, 4.69) is 0 Å². The van der Waals surface area contributed by atoms with Crippen LogP contribution in [0, 0.1) is 5.41 Å². The van der Waals surface area contributed by atoms with Crippen molar-refractivity contribution in [2.24, 2.45) is 11.3 Å². The van der Waals surface area contributed by atoms with Gasteiger partial charge in [-0.1, -0.05) is 11.6 Å². The SMILES string of the molecule is CC(C)(Cn1cc(Cl)c(=O)[nH]c1=O)C(=O)NN. The first-order valence-corrected chi connectivity index (χ1v) is 5.16. The fourth-order valence-electron chi connectivity index (χ4n) is 1.29. The van der Waals surface area contributed by atoms with Gasteiger partial charge in [-0.3, -0.25) is 24.6 Å². The van der Waals surface area contributed by atoms with Crippen LogP contribution in [0.5, 0.6) is 0 Å². The molecule has 0 aromatic carbocycles. The van der Waals surface area contributed by atoms with Gasteiger partial charge in [-0.05, 0) is 13.8 Å². The Morgan fingerprint density at radius 3 is 2.71 bits per heavy atom. The lowest BCUT2D eigenvalue weighted by Gasteiger charge is -2.22. The molecule has 0 atom stereocenters. The molecule has 0 saturated carbocycles. The van der Waals surface area contributed by atoms with E-state index >= 15 is 0 Å². The van der Waals surface area contributed by atoms with Crippen molar-refractivity contribution >= 4 is 17.5 Å². The monoisotopic (exact) mass is 260 g/mol. The van der Waals surface area contributed by atoms with E-state index in [-0.39, 0.29) is 11.6 Å². The molecule has 0 saturated heterocycles. The minimum atomic E-state index is -0.903. The van der Waals surface area contributed by atoms with Crippen molar-refractivity contribution in [3.8, 4) is 0 Å². The van der Waals surface area contributed by atoms with Gasteiger partial charge in [0.2, 0.25) is 5.91 Å². The molecule has 0 bridgehead atoms. The number of H-pyrrole nitrogens is 1. The minimum absolute atomic E-state index is 0.0470. The second-order valence-corrected chi connectivity index (χ2v) is 4.63. The number of hydrogen-bond donors (Lipinski definition) is 3. The number of aromatic nitrogens is 2. The predicted molar refractivity (Wildman–Crippen MR) is 62.4 cm³/mol. The Morgan fingerprint density at radius 2 is 2.18 bits per heavy atom. The zero-order valence-electron chi connectivity index (χ0n) is 9.41. The largest absolute Gasteiger partial charge is 0.328 e. The van der Waals surface area contributed by atoms with Crippen LogP contribution in [0.25, 0.3) is 0 Å². The molecular formula is C9H13ClN4O3. The summed E-state index contributed by atoms with van der Waals surface area (Å²) in [7, 11) is 0. The van der Waals surface area contributed by atoms with Crippen LogP contribution in [0.2, 0.25) is 5.02 Å². The van der Waals surface area contributed by atoms with E-state index in [1.54, 1.807) is 13.8 Å². The normalized spacial score (nSPS) is 11.3. The molecule has 0 fully saturated rings. The molecule has 0 aliphatic carbocycles. The first-order valence-electron chi connectivity index (χ1n) is 4.78. The molecule has 94 valence electrons. The van der Waals surface area contributed by atoms with Crippen LogP contribution in [-0.4, -0.2) is 15.5 Å². The topological polar surface area (TPSA) is 110 Å². The fourth-order valence-corrected chi connectivity index (χ4v) is 1.46. The lowest BCUT2D eigenvalue weighted by Crippen LogP contribution is -2.45. The molecule has 1 aromatic rings. The number of carbonyl (C=O) groups excluding carboxylic acids is 1. The summed E-state index contributed by atoms with van der Waals surface area (Å²) < 4.78 is 1.15. The van der Waals surface area contributed by atoms with Gasteiger partial charge in [0.05, 0.1) is 5.41 Å². The Bertz CT molecular complexity index is 546. The van der Waals surface area contributed by atoms with E-state index in [1.165, 1.54) is 6.20 Å². The van der Waals surface area contributed by atoms with Gasteiger partial charge in [0, 0.05) is 12.7 Å². The molecule has 4 N–H and O–H groups in total. The van der Waals surface area contributed by atoms with Crippen LogP contribution in [0.4, 0.5) is 0 Å². The number of hydrazine groups is 1. The summed E-state index contributed by atoms with van der Waals surface area (Å²) in [5.74, 6) is 4.61. The predicted octanol–water partition coefficient (Wildman–Crippen LogP) is -0.794. The number of halogens is 1. The van der Waals surface area contributed by atoms with Crippen LogP contribution in [0.3, 0.4) is 0 Å². The van der Waals surface area contributed by atoms with Crippen LogP contribution < -0.4 is 22.5 Å². The summed E-state index contributed by atoms with van der Waals surface area (Å²) in [6.07, 6.45) is 1.19. The highest BCUT2D eigenvalue weighted by Crippen LogP contribution is 2.17. The number of nitrogens with two attached hydrogens (primary N) is 1. The number of carbonyl (C=O) groups is 1. The summed E-state index contributed by atoms with van der Waals surface area (Å²) in [4.78, 5) is 36.0. The highest BCUT2D eigenvalue weighted by atomic mass is 35.5. The molecule has 17 heavy (non-hydrogen) atoms. The third kappa shape index (κ3) is 2.95. The van der Waals surface area contributed by atoms with E-state index in [0.717, 1.165) is 4.57 Å². The average molecular weight is 261 g/mol. The van der Waals surface area contributed by atoms with Gasteiger partial charge in [-0.25, -0.2) is 10.6 Å². The molecule has 0 aliphatic heterocycles. The van der Waals surface area contributed by atoms with Crippen molar-refractivity contribution in [1.29, 1.82) is 0 Å². The van der Waals surface area contributed by atoms with Gasteiger partial charge in [-0.2, -0.15) is 0 Å². The quantitative estimate of drug-likeness (QED) is 0.376. The van der Waals surface area contributed by atoms with Gasteiger partial charge in [0.25, 0.3) is 5.56 Å². The zero-order chi connectivity index (χ0) is 13.2. The number of hydrogen-bond acceptors (Lipinski definition) is 4. The van der Waals surface area contributed by atoms with E-state index in [1.807, 2.05) is 10.4 Å². The molecule has 0 unspecified atom stereocenters. The van der Waals surface area contributed by atoms with Gasteiger partial charge in [0.1, 0.15) is 5.02 Å². The molecule has 1 rings (SSSR count). The molecule has 0 spiro atoms. The first-order chi connectivity index (χ1) is 7.77. The summed E-state index contributed by atoms with van der Waals surface area (Å²) in [5, 5.41) is -0.117. The van der Waals surface area contributed by atoms with E-state index in [9.17, 15) is 14.4 Å². The second-order valence-electron chi connectivity index (χ2n) is 4.22. The molecule has 1 aromatic heterocycles. The fraction of sp³-hybridized carbons (Fsp3) is 0.444. The number of amides is 1. The highest BCUT2D eigenvalue weighted by Gasteiger charge is 2.28. The van der Waals surface area contributed by atoms with Crippen molar-refractivity contribution in [2.45, 2.75) is 20.4 Å².